The summed E-state index contributed by atoms with van der Waals surface area (Å²) in [6, 6.07) is 2.10. The van der Waals surface area contributed by atoms with Gasteiger partial charge < -0.3 is 4.57 Å². The van der Waals surface area contributed by atoms with Gasteiger partial charge in [-0.3, -0.25) is 0 Å². The van der Waals surface area contributed by atoms with Crippen molar-refractivity contribution >= 4 is 11.0 Å². The van der Waals surface area contributed by atoms with Crippen molar-refractivity contribution in [1.29, 1.82) is 0 Å². The van der Waals surface area contributed by atoms with Crippen LogP contribution in [0.25, 0.3) is 11.0 Å². The lowest BCUT2D eigenvalue weighted by atomic mass is 10.1. The van der Waals surface area contributed by atoms with Crippen molar-refractivity contribution < 1.29 is 0 Å². The minimum absolute atomic E-state index is 0.438. The molecule has 0 aliphatic rings. The molecule has 0 radical (unpaired) electrons. The molecule has 0 aliphatic heterocycles. The van der Waals surface area contributed by atoms with Gasteiger partial charge in [-0.05, 0) is 18.9 Å². The Labute approximate surface area is 83.8 Å². The fraction of sp³-hybridized carbons (Fsp3) is 0.455. The Balaban J connectivity index is 2.84. The summed E-state index contributed by atoms with van der Waals surface area (Å²) >= 11 is 0. The summed E-state index contributed by atoms with van der Waals surface area (Å²) in [6.45, 7) is 6.40. The van der Waals surface area contributed by atoms with Crippen molar-refractivity contribution in [3.05, 3.63) is 23.8 Å². The Morgan fingerprint density at radius 3 is 2.64 bits per heavy atom. The maximum absolute atomic E-state index is 4.35. The third kappa shape index (κ3) is 1.20. The summed E-state index contributed by atoms with van der Waals surface area (Å²) in [5.41, 5.74) is 4.57. The first-order valence-corrected chi connectivity index (χ1v) is 4.88. The first kappa shape index (κ1) is 9.19. The molecular formula is C11H15N3. The molecule has 0 amide bonds. The molecule has 74 valence electrons. The van der Waals surface area contributed by atoms with Crippen LogP contribution in [-0.2, 0) is 7.05 Å². The molecule has 2 aromatic heterocycles. The van der Waals surface area contributed by atoms with Crippen molar-refractivity contribution in [3.8, 4) is 0 Å². The molecule has 0 unspecified atom stereocenters. The van der Waals surface area contributed by atoms with Gasteiger partial charge in [0.1, 0.15) is 6.33 Å². The van der Waals surface area contributed by atoms with Crippen molar-refractivity contribution in [3.63, 3.8) is 0 Å². The smallest absolute Gasteiger partial charge is 0.116 e. The standard InChI is InChI=1S/C11H15N3/c1-7(2)10-11-9(12-6-13-10)5-8(3)14(11)4/h5-7H,1-4H3. The minimum Gasteiger partial charge on any atom is -0.345 e. The lowest BCUT2D eigenvalue weighted by Crippen LogP contribution is -1.99. The second kappa shape index (κ2) is 3.08. The van der Waals surface area contributed by atoms with E-state index in [1.807, 2.05) is 0 Å². The van der Waals surface area contributed by atoms with E-state index in [0.717, 1.165) is 11.2 Å². The van der Waals surface area contributed by atoms with Gasteiger partial charge in [-0.1, -0.05) is 13.8 Å². The van der Waals surface area contributed by atoms with Crippen LogP contribution in [0.15, 0.2) is 12.4 Å². The number of aryl methyl sites for hydroxylation is 2. The highest BCUT2D eigenvalue weighted by atomic mass is 15.0. The molecular weight excluding hydrogens is 174 g/mol. The molecule has 0 saturated carbocycles. The van der Waals surface area contributed by atoms with Crippen LogP contribution in [0.1, 0.15) is 31.2 Å². The second-order valence-corrected chi connectivity index (χ2v) is 3.99. The fourth-order valence-corrected chi connectivity index (χ4v) is 1.75. The summed E-state index contributed by atoms with van der Waals surface area (Å²) in [6.07, 6.45) is 1.65. The van der Waals surface area contributed by atoms with Crippen LogP contribution in [0.5, 0.6) is 0 Å². The molecule has 2 heterocycles. The topological polar surface area (TPSA) is 30.7 Å². The normalized spacial score (nSPS) is 11.5. The van der Waals surface area contributed by atoms with Crippen molar-refractivity contribution in [2.75, 3.05) is 0 Å². The SMILES string of the molecule is Cc1cc2ncnc(C(C)C)c2n1C. The third-order valence-corrected chi connectivity index (χ3v) is 2.64. The average Bonchev–Trinajstić information content (AvgIpc) is 2.43. The molecule has 0 aromatic carbocycles. The van der Waals surface area contributed by atoms with E-state index in [2.05, 4.69) is 48.4 Å². The van der Waals surface area contributed by atoms with Gasteiger partial charge in [-0.25, -0.2) is 9.97 Å². The highest BCUT2D eigenvalue weighted by molar-refractivity contribution is 5.79. The molecule has 0 saturated heterocycles. The third-order valence-electron chi connectivity index (χ3n) is 2.64. The molecule has 3 heteroatoms. The number of aromatic nitrogens is 3. The molecule has 0 spiro atoms. The van der Waals surface area contributed by atoms with E-state index >= 15 is 0 Å². The average molecular weight is 189 g/mol. The number of nitrogens with zero attached hydrogens (tertiary/aromatic N) is 3. The molecule has 2 rings (SSSR count). The maximum atomic E-state index is 4.35. The molecule has 3 nitrogen and oxygen atoms in total. The molecule has 0 atom stereocenters. The highest BCUT2D eigenvalue weighted by Gasteiger charge is 2.11. The Kier molecular flexibility index (Phi) is 2.02. The zero-order valence-electron chi connectivity index (χ0n) is 9.07. The van der Waals surface area contributed by atoms with Gasteiger partial charge in [0.25, 0.3) is 0 Å². The van der Waals surface area contributed by atoms with Gasteiger partial charge in [0, 0.05) is 12.7 Å². The number of rotatable bonds is 1. The summed E-state index contributed by atoms with van der Waals surface area (Å²) in [7, 11) is 2.06. The van der Waals surface area contributed by atoms with E-state index < -0.39 is 0 Å². The lowest BCUT2D eigenvalue weighted by molar-refractivity contribution is 0.807. The van der Waals surface area contributed by atoms with Crippen LogP contribution in [0.2, 0.25) is 0 Å². The van der Waals surface area contributed by atoms with Gasteiger partial charge in [0.15, 0.2) is 0 Å². The number of hydrogen-bond acceptors (Lipinski definition) is 2. The van der Waals surface area contributed by atoms with E-state index in [-0.39, 0.29) is 0 Å². The van der Waals surface area contributed by atoms with E-state index in [1.54, 1.807) is 6.33 Å². The maximum Gasteiger partial charge on any atom is 0.116 e. The van der Waals surface area contributed by atoms with Gasteiger partial charge in [-0.2, -0.15) is 0 Å². The Bertz CT molecular complexity index is 469. The summed E-state index contributed by atoms with van der Waals surface area (Å²) in [5.74, 6) is 0.438. The van der Waals surface area contributed by atoms with Crippen LogP contribution < -0.4 is 0 Å². The monoisotopic (exact) mass is 189 g/mol. The zero-order chi connectivity index (χ0) is 10.3. The molecule has 14 heavy (non-hydrogen) atoms. The highest BCUT2D eigenvalue weighted by Crippen LogP contribution is 2.23. The second-order valence-electron chi connectivity index (χ2n) is 3.99. The minimum atomic E-state index is 0.438. The Morgan fingerprint density at radius 1 is 1.29 bits per heavy atom. The molecule has 0 aliphatic carbocycles. The van der Waals surface area contributed by atoms with E-state index in [9.17, 15) is 0 Å². The lowest BCUT2D eigenvalue weighted by Gasteiger charge is -2.07. The zero-order valence-corrected chi connectivity index (χ0v) is 9.07. The van der Waals surface area contributed by atoms with Gasteiger partial charge >= 0.3 is 0 Å². The van der Waals surface area contributed by atoms with Gasteiger partial charge in [0.05, 0.1) is 16.7 Å². The summed E-state index contributed by atoms with van der Waals surface area (Å²) < 4.78 is 2.16. The first-order chi connectivity index (χ1) is 6.61. The number of fused-ring (bicyclic) bond motifs is 1. The molecule has 0 N–H and O–H groups in total. The van der Waals surface area contributed by atoms with Crippen molar-refractivity contribution in [1.82, 2.24) is 14.5 Å². The van der Waals surface area contributed by atoms with Crippen LogP contribution in [0.4, 0.5) is 0 Å². The summed E-state index contributed by atoms with van der Waals surface area (Å²) in [5, 5.41) is 0. The van der Waals surface area contributed by atoms with Crippen LogP contribution in [0.3, 0.4) is 0 Å². The largest absolute Gasteiger partial charge is 0.345 e. The van der Waals surface area contributed by atoms with E-state index in [1.165, 1.54) is 11.2 Å². The molecule has 2 aromatic rings. The van der Waals surface area contributed by atoms with Gasteiger partial charge in [-0.15, -0.1) is 0 Å². The molecule has 0 bridgehead atoms. The van der Waals surface area contributed by atoms with Crippen molar-refractivity contribution in [2.45, 2.75) is 26.7 Å². The van der Waals surface area contributed by atoms with Crippen molar-refractivity contribution in [2.24, 2.45) is 7.05 Å². The quantitative estimate of drug-likeness (QED) is 0.689. The Hall–Kier alpha value is -1.38. The van der Waals surface area contributed by atoms with Crippen LogP contribution in [-0.4, -0.2) is 14.5 Å². The molecule has 0 fully saturated rings. The summed E-state index contributed by atoms with van der Waals surface area (Å²) in [4.78, 5) is 8.62. The van der Waals surface area contributed by atoms with Crippen LogP contribution in [0, 0.1) is 6.92 Å². The first-order valence-electron chi connectivity index (χ1n) is 4.88. The van der Waals surface area contributed by atoms with Gasteiger partial charge in [0.2, 0.25) is 0 Å². The number of hydrogen-bond donors (Lipinski definition) is 0. The predicted octanol–water partition coefficient (Wildman–Crippen LogP) is 2.40. The Morgan fingerprint density at radius 2 is 2.00 bits per heavy atom. The predicted molar refractivity (Wildman–Crippen MR) is 57.3 cm³/mol. The van der Waals surface area contributed by atoms with E-state index in [4.69, 9.17) is 0 Å². The fourth-order valence-electron chi connectivity index (χ4n) is 1.75. The van der Waals surface area contributed by atoms with E-state index in [0.29, 0.717) is 5.92 Å². The van der Waals surface area contributed by atoms with Crippen LogP contribution >= 0.6 is 0 Å².